The molecule has 0 saturated carbocycles. The molecule has 0 radical (unpaired) electrons. The Bertz CT molecular complexity index is 806. The molecule has 0 aliphatic heterocycles. The summed E-state index contributed by atoms with van der Waals surface area (Å²) in [6, 6.07) is 4.67. The van der Waals surface area contributed by atoms with Crippen LogP contribution in [0.3, 0.4) is 0 Å². The maximum Gasteiger partial charge on any atom is 0.340 e. The van der Waals surface area contributed by atoms with Gasteiger partial charge in [0.1, 0.15) is 0 Å². The minimum absolute atomic E-state index is 0. The molecule has 2 rings (SSSR count). The summed E-state index contributed by atoms with van der Waals surface area (Å²) < 4.78 is 54.6. The van der Waals surface area contributed by atoms with E-state index in [0.717, 1.165) is 0 Å². The minimum atomic E-state index is -4.24. The zero-order valence-corrected chi connectivity index (χ0v) is 17.3. The van der Waals surface area contributed by atoms with Gasteiger partial charge in [-0.15, -0.1) is 0 Å². The Morgan fingerprint density at radius 2 is 1.80 bits per heavy atom. The van der Waals surface area contributed by atoms with Crippen LogP contribution in [0.15, 0.2) is 36.8 Å². The number of hydrogen-bond acceptors (Lipinski definition) is 5. The van der Waals surface area contributed by atoms with Crippen molar-refractivity contribution in [3.63, 3.8) is 0 Å². The van der Waals surface area contributed by atoms with Gasteiger partial charge in [-0.2, -0.15) is 8.78 Å². The van der Waals surface area contributed by atoms with Crippen molar-refractivity contribution >= 4 is 5.91 Å². The van der Waals surface area contributed by atoms with Crippen LogP contribution in [0.1, 0.15) is 42.3 Å². The molecule has 0 unspecified atom stereocenters. The predicted octanol–water partition coefficient (Wildman–Crippen LogP) is 3.74. The van der Waals surface area contributed by atoms with Crippen molar-refractivity contribution in [2.75, 3.05) is 6.61 Å². The molecule has 3 N–H and O–H groups in total. The second kappa shape index (κ2) is 10.9. The fourth-order valence-corrected chi connectivity index (χ4v) is 1.88. The summed E-state index contributed by atoms with van der Waals surface area (Å²) in [5.41, 5.74) is 6.79. The maximum absolute atomic E-state index is 12.9. The van der Waals surface area contributed by atoms with Crippen LogP contribution in [0.5, 0.6) is 5.88 Å². The van der Waals surface area contributed by atoms with Gasteiger partial charge < -0.3 is 15.8 Å². The Hall–Kier alpha value is -2.75. The smallest absolute Gasteiger partial charge is 0.340 e. The molecule has 2 aromatic rings. The lowest BCUT2D eigenvalue weighted by molar-refractivity contribution is -0.148. The van der Waals surface area contributed by atoms with Gasteiger partial charge in [0.2, 0.25) is 5.88 Å². The highest BCUT2D eigenvalue weighted by molar-refractivity contribution is 5.93. The summed E-state index contributed by atoms with van der Waals surface area (Å²) in [6.45, 7) is 6.13. The first kappa shape index (κ1) is 25.3. The molecule has 30 heavy (non-hydrogen) atoms. The number of nitrogens with two attached hydrogens (primary N) is 1. The number of carbonyl (C=O) groups is 1. The average Bonchev–Trinajstić information content (AvgIpc) is 2.64. The van der Waals surface area contributed by atoms with Crippen molar-refractivity contribution in [1.29, 1.82) is 0 Å². The molecule has 0 spiro atoms. The predicted molar refractivity (Wildman–Crippen MR) is 105 cm³/mol. The average molecular weight is 430 g/mol. The molecule has 0 aromatic carbocycles. The first-order valence-electron chi connectivity index (χ1n) is 9.01. The lowest BCUT2D eigenvalue weighted by Gasteiger charge is -2.16. The van der Waals surface area contributed by atoms with Crippen LogP contribution in [0.2, 0.25) is 0 Å². The van der Waals surface area contributed by atoms with Crippen LogP contribution in [0.4, 0.5) is 17.6 Å². The number of pyridine rings is 2. The minimum Gasteiger partial charge on any atom is -0.471 e. The van der Waals surface area contributed by atoms with E-state index < -0.39 is 19.0 Å². The van der Waals surface area contributed by atoms with Gasteiger partial charge in [0, 0.05) is 41.8 Å². The van der Waals surface area contributed by atoms with E-state index >= 15 is 0 Å². The molecule has 0 aliphatic carbocycles. The number of ether oxygens (including phenoxy) is 1. The summed E-state index contributed by atoms with van der Waals surface area (Å²) >= 11 is 0. The van der Waals surface area contributed by atoms with Crippen LogP contribution in [0.25, 0.3) is 0 Å². The molecule has 0 aliphatic rings. The third-order valence-corrected chi connectivity index (χ3v) is 3.20. The first-order valence-corrected chi connectivity index (χ1v) is 9.01. The highest BCUT2D eigenvalue weighted by Crippen LogP contribution is 2.25. The Labute approximate surface area is 172 Å². The van der Waals surface area contributed by atoms with E-state index in [2.05, 4.69) is 20.0 Å². The zero-order valence-electron chi connectivity index (χ0n) is 17.3. The quantitative estimate of drug-likeness (QED) is 0.653. The number of hydrogen-bond donors (Lipinski definition) is 2. The summed E-state index contributed by atoms with van der Waals surface area (Å²) in [5.74, 6) is -4.72. The molecule has 2 aromatic heterocycles. The second-order valence-corrected chi connectivity index (χ2v) is 7.60. The lowest BCUT2D eigenvalue weighted by Crippen LogP contribution is -2.34. The number of alkyl halides is 4. The van der Waals surface area contributed by atoms with Gasteiger partial charge in [-0.05, 0) is 51.5 Å². The van der Waals surface area contributed by atoms with Crippen LogP contribution < -0.4 is 15.8 Å². The van der Waals surface area contributed by atoms with Crippen molar-refractivity contribution in [3.8, 4) is 5.88 Å². The van der Waals surface area contributed by atoms with E-state index in [1.54, 1.807) is 18.2 Å². The first-order chi connectivity index (χ1) is 13.8. The number of aryl methyl sites for hydroxylation is 1. The van der Waals surface area contributed by atoms with Gasteiger partial charge in [0.25, 0.3) is 5.91 Å². The fourth-order valence-electron chi connectivity index (χ4n) is 1.88. The summed E-state index contributed by atoms with van der Waals surface area (Å²) in [7, 11) is 0. The van der Waals surface area contributed by atoms with Gasteiger partial charge in [-0.3, -0.25) is 9.78 Å². The normalized spacial score (nSPS) is 11.5. The number of nitrogens with one attached hydrogen (secondary N) is 1. The lowest BCUT2D eigenvalue weighted by atomic mass is 10.1. The number of nitrogens with zero attached hydrogens (tertiary/aromatic N) is 2. The fraction of sp³-hybridized carbons (Fsp3) is 0.450. The van der Waals surface area contributed by atoms with Gasteiger partial charge in [0.05, 0.1) is 0 Å². The molecule has 0 saturated heterocycles. The van der Waals surface area contributed by atoms with E-state index in [0.29, 0.717) is 16.7 Å². The number of amides is 1. The summed E-state index contributed by atoms with van der Waals surface area (Å²) in [6.07, 6.45) is 0.481. The van der Waals surface area contributed by atoms with Gasteiger partial charge in [-0.25, -0.2) is 13.8 Å². The SMILES string of the molecule is CC(C)(C)N.Cc1cc(CNC(=O)c2ccncc2)cnc1OCC(F)(F)C(F)F. The van der Waals surface area contributed by atoms with Gasteiger partial charge >= 0.3 is 12.3 Å². The number of halogens is 4. The highest BCUT2D eigenvalue weighted by Gasteiger charge is 2.41. The molecule has 10 heteroatoms. The number of aromatic nitrogens is 2. The Kier molecular flexibility index (Phi) is 9.16. The monoisotopic (exact) mass is 430 g/mol. The van der Waals surface area contributed by atoms with Crippen LogP contribution in [0, 0.1) is 6.92 Å². The summed E-state index contributed by atoms with van der Waals surface area (Å²) in [4.78, 5) is 19.5. The van der Waals surface area contributed by atoms with E-state index in [1.807, 2.05) is 20.8 Å². The molecule has 0 fully saturated rings. The standard InChI is InChI=1S/C16H15F4N3O2.C4H11N/c1-10-6-11(7-22-13(24)12-2-4-21-5-3-12)8-23-14(10)25-9-16(19,20)15(17)18;1-4(2,3)5/h2-6,8,15H,7,9H2,1H3,(H,22,24);5H2,1-3H3. The molecule has 0 atom stereocenters. The van der Waals surface area contributed by atoms with Crippen LogP contribution in [-0.2, 0) is 6.54 Å². The number of carbonyl (C=O) groups excluding carboxylic acids is 1. The third-order valence-electron chi connectivity index (χ3n) is 3.20. The molecule has 1 amide bonds. The van der Waals surface area contributed by atoms with Crippen molar-refractivity contribution in [1.82, 2.24) is 15.3 Å². The molecule has 166 valence electrons. The Balaban J connectivity index is 0.000000804. The van der Waals surface area contributed by atoms with Crippen molar-refractivity contribution < 1.29 is 27.1 Å². The maximum atomic E-state index is 12.9. The van der Waals surface area contributed by atoms with E-state index in [9.17, 15) is 22.4 Å². The largest absolute Gasteiger partial charge is 0.471 e. The summed E-state index contributed by atoms with van der Waals surface area (Å²) in [5, 5.41) is 2.67. The Morgan fingerprint density at radius 1 is 1.23 bits per heavy atom. The van der Waals surface area contributed by atoms with Crippen molar-refractivity contribution in [2.45, 2.75) is 52.1 Å². The molecular formula is C20H26F4N4O2. The zero-order chi connectivity index (χ0) is 22.9. The van der Waals surface area contributed by atoms with Crippen LogP contribution >= 0.6 is 0 Å². The van der Waals surface area contributed by atoms with E-state index in [-0.39, 0.29) is 23.9 Å². The third kappa shape index (κ3) is 9.64. The van der Waals surface area contributed by atoms with Crippen molar-refractivity contribution in [2.24, 2.45) is 5.73 Å². The topological polar surface area (TPSA) is 90.1 Å². The van der Waals surface area contributed by atoms with Gasteiger partial charge in [0.15, 0.2) is 6.61 Å². The molecule has 6 nitrogen and oxygen atoms in total. The van der Waals surface area contributed by atoms with Gasteiger partial charge in [-0.1, -0.05) is 0 Å². The second-order valence-electron chi connectivity index (χ2n) is 7.60. The van der Waals surface area contributed by atoms with Crippen molar-refractivity contribution in [3.05, 3.63) is 53.5 Å². The number of rotatable bonds is 7. The van der Waals surface area contributed by atoms with E-state index in [1.165, 1.54) is 25.5 Å². The molecular weight excluding hydrogens is 404 g/mol. The van der Waals surface area contributed by atoms with E-state index in [4.69, 9.17) is 5.73 Å². The molecule has 0 bridgehead atoms. The van der Waals surface area contributed by atoms with Crippen LogP contribution in [-0.4, -0.2) is 40.4 Å². The molecule has 2 heterocycles. The Morgan fingerprint density at radius 3 is 2.30 bits per heavy atom. The highest BCUT2D eigenvalue weighted by atomic mass is 19.3.